The zero-order chi connectivity index (χ0) is 17.1. The number of ether oxygens (including phenoxy) is 1. The minimum atomic E-state index is 0.0285. The molecule has 0 unspecified atom stereocenters. The normalized spacial score (nSPS) is 20.5. The average Bonchev–Trinajstić information content (AvgIpc) is 3.38. The first-order valence-electron chi connectivity index (χ1n) is 8.97. The second kappa shape index (κ2) is 7.27. The van der Waals surface area contributed by atoms with Gasteiger partial charge in [0.1, 0.15) is 0 Å². The number of urea groups is 1. The molecule has 1 N–H and O–H groups in total. The van der Waals surface area contributed by atoms with E-state index >= 15 is 0 Å². The maximum absolute atomic E-state index is 12.5. The van der Waals surface area contributed by atoms with Gasteiger partial charge < -0.3 is 15.0 Å². The van der Waals surface area contributed by atoms with Gasteiger partial charge in [0.05, 0.1) is 25.8 Å². The number of nitrogens with one attached hydrogen (secondary N) is 1. The van der Waals surface area contributed by atoms with Gasteiger partial charge in [0.2, 0.25) is 0 Å². The van der Waals surface area contributed by atoms with Crippen LogP contribution >= 0.6 is 0 Å². The lowest BCUT2D eigenvalue weighted by atomic mass is 10.1. The summed E-state index contributed by atoms with van der Waals surface area (Å²) in [5.41, 5.74) is 2.30. The molecule has 4 rings (SSSR count). The smallest absolute Gasteiger partial charge is 0.318 e. The van der Waals surface area contributed by atoms with Crippen molar-refractivity contribution in [3.05, 3.63) is 53.9 Å². The summed E-state index contributed by atoms with van der Waals surface area (Å²) in [7, 11) is 0. The van der Waals surface area contributed by atoms with Crippen molar-refractivity contribution in [3.8, 4) is 0 Å². The molecule has 1 aromatic carbocycles. The third-order valence-corrected chi connectivity index (χ3v) is 4.96. The molecule has 2 aliphatic rings. The second-order valence-corrected chi connectivity index (χ2v) is 6.85. The summed E-state index contributed by atoms with van der Waals surface area (Å²) in [5.74, 6) is 0.632. The van der Waals surface area contributed by atoms with Gasteiger partial charge in [-0.25, -0.2) is 4.79 Å². The molecule has 2 aromatic rings. The van der Waals surface area contributed by atoms with Crippen LogP contribution in [0.3, 0.4) is 0 Å². The molecule has 1 atom stereocenters. The number of hydrogen-bond donors (Lipinski definition) is 1. The molecule has 2 heterocycles. The molecule has 1 aromatic heterocycles. The standard InChI is InChI=1S/C19H24N4O2/c24-19(23-10-11-25-14-18(23)17-6-7-17)20-12-15-2-4-16(5-3-15)13-22-9-1-8-21-22/h1-5,8-9,17-18H,6-7,10-14H2,(H,20,24)/t18-/m1/s1. The van der Waals surface area contributed by atoms with Crippen molar-refractivity contribution in [2.75, 3.05) is 19.8 Å². The molecule has 6 nitrogen and oxygen atoms in total. The van der Waals surface area contributed by atoms with Crippen molar-refractivity contribution in [1.29, 1.82) is 0 Å². The van der Waals surface area contributed by atoms with Gasteiger partial charge in [-0.3, -0.25) is 4.68 Å². The largest absolute Gasteiger partial charge is 0.377 e. The Balaban J connectivity index is 1.30. The lowest BCUT2D eigenvalue weighted by Gasteiger charge is -2.35. The fourth-order valence-corrected chi connectivity index (χ4v) is 3.37. The van der Waals surface area contributed by atoms with Crippen LogP contribution in [0.5, 0.6) is 0 Å². The van der Waals surface area contributed by atoms with E-state index in [0.717, 1.165) is 12.1 Å². The van der Waals surface area contributed by atoms with Gasteiger partial charge in [-0.15, -0.1) is 0 Å². The molecule has 132 valence electrons. The summed E-state index contributed by atoms with van der Waals surface area (Å²) in [6, 6.07) is 10.5. The van der Waals surface area contributed by atoms with Gasteiger partial charge in [0.25, 0.3) is 0 Å². The highest BCUT2D eigenvalue weighted by Gasteiger charge is 2.39. The van der Waals surface area contributed by atoms with Gasteiger partial charge >= 0.3 is 6.03 Å². The van der Waals surface area contributed by atoms with Crippen molar-refractivity contribution in [1.82, 2.24) is 20.0 Å². The fourth-order valence-electron chi connectivity index (χ4n) is 3.37. The number of amides is 2. The molecule has 1 saturated heterocycles. The molecule has 0 bridgehead atoms. The Morgan fingerprint density at radius 1 is 1.24 bits per heavy atom. The summed E-state index contributed by atoms with van der Waals surface area (Å²) in [6.07, 6.45) is 6.17. The molecule has 6 heteroatoms. The minimum absolute atomic E-state index is 0.0285. The monoisotopic (exact) mass is 340 g/mol. The maximum atomic E-state index is 12.5. The number of nitrogens with zero attached hydrogens (tertiary/aromatic N) is 3. The number of hydrogen-bond acceptors (Lipinski definition) is 3. The molecule has 1 aliphatic heterocycles. The number of benzene rings is 1. The Bertz CT molecular complexity index is 695. The zero-order valence-corrected chi connectivity index (χ0v) is 14.3. The van der Waals surface area contributed by atoms with Crippen molar-refractivity contribution >= 4 is 6.03 Å². The van der Waals surface area contributed by atoms with E-state index in [0.29, 0.717) is 32.2 Å². The number of aromatic nitrogens is 2. The van der Waals surface area contributed by atoms with Crippen LogP contribution in [0.1, 0.15) is 24.0 Å². The number of carbonyl (C=O) groups excluding carboxylic acids is 1. The fraction of sp³-hybridized carbons (Fsp3) is 0.474. The summed E-state index contributed by atoms with van der Waals surface area (Å²) >= 11 is 0. The summed E-state index contributed by atoms with van der Waals surface area (Å²) in [5, 5.41) is 7.28. The topological polar surface area (TPSA) is 59.4 Å². The van der Waals surface area contributed by atoms with Crippen LogP contribution in [0.4, 0.5) is 4.79 Å². The van der Waals surface area contributed by atoms with Crippen molar-refractivity contribution < 1.29 is 9.53 Å². The number of carbonyl (C=O) groups is 1. The molecule has 1 aliphatic carbocycles. The van der Waals surface area contributed by atoms with E-state index in [1.165, 1.54) is 18.4 Å². The van der Waals surface area contributed by atoms with Crippen LogP contribution in [0.15, 0.2) is 42.7 Å². The predicted octanol–water partition coefficient (Wildman–Crippen LogP) is 2.25. The van der Waals surface area contributed by atoms with E-state index in [4.69, 9.17) is 4.74 Å². The first-order valence-corrected chi connectivity index (χ1v) is 8.97. The first-order chi connectivity index (χ1) is 12.3. The highest BCUT2D eigenvalue weighted by molar-refractivity contribution is 5.74. The van der Waals surface area contributed by atoms with Crippen molar-refractivity contribution in [3.63, 3.8) is 0 Å². The molecule has 0 spiro atoms. The number of rotatable bonds is 5. The van der Waals surface area contributed by atoms with Crippen molar-refractivity contribution in [2.24, 2.45) is 5.92 Å². The van der Waals surface area contributed by atoms with Gasteiger partial charge in [0.15, 0.2) is 0 Å². The van der Waals surface area contributed by atoms with E-state index in [1.807, 2.05) is 21.8 Å². The Kier molecular flexibility index (Phi) is 4.70. The van der Waals surface area contributed by atoms with Gasteiger partial charge in [-0.1, -0.05) is 24.3 Å². The quantitative estimate of drug-likeness (QED) is 0.908. The van der Waals surface area contributed by atoms with Gasteiger partial charge in [0, 0.05) is 25.5 Å². The van der Waals surface area contributed by atoms with E-state index in [-0.39, 0.29) is 12.1 Å². The van der Waals surface area contributed by atoms with Crippen molar-refractivity contribution in [2.45, 2.75) is 32.0 Å². The minimum Gasteiger partial charge on any atom is -0.377 e. The SMILES string of the molecule is O=C(NCc1ccc(Cn2cccn2)cc1)N1CCOC[C@@H]1C1CC1. The summed E-state index contributed by atoms with van der Waals surface area (Å²) in [6.45, 7) is 3.32. The average molecular weight is 340 g/mol. The van der Waals surface area contributed by atoms with Gasteiger partial charge in [-0.2, -0.15) is 5.10 Å². The second-order valence-electron chi connectivity index (χ2n) is 6.85. The summed E-state index contributed by atoms with van der Waals surface area (Å²) < 4.78 is 7.45. The Hall–Kier alpha value is -2.34. The summed E-state index contributed by atoms with van der Waals surface area (Å²) in [4.78, 5) is 14.5. The van der Waals surface area contributed by atoms with Crippen LogP contribution < -0.4 is 5.32 Å². The predicted molar refractivity (Wildman–Crippen MR) is 94.0 cm³/mol. The van der Waals surface area contributed by atoms with Gasteiger partial charge in [-0.05, 0) is 36.0 Å². The van der Waals surface area contributed by atoms with Crippen LogP contribution in [-0.2, 0) is 17.8 Å². The Labute approximate surface area is 147 Å². The lowest BCUT2D eigenvalue weighted by molar-refractivity contribution is 0.00463. The molecular formula is C19H24N4O2. The molecule has 1 saturated carbocycles. The Morgan fingerprint density at radius 2 is 2.04 bits per heavy atom. The lowest BCUT2D eigenvalue weighted by Crippen LogP contribution is -2.53. The number of morpholine rings is 1. The zero-order valence-electron chi connectivity index (χ0n) is 14.3. The highest BCUT2D eigenvalue weighted by atomic mass is 16.5. The third kappa shape index (κ3) is 4.02. The Morgan fingerprint density at radius 3 is 2.76 bits per heavy atom. The van der Waals surface area contributed by atoms with E-state index < -0.39 is 0 Å². The van der Waals surface area contributed by atoms with E-state index in [1.54, 1.807) is 6.20 Å². The maximum Gasteiger partial charge on any atom is 0.318 e. The highest BCUT2D eigenvalue weighted by Crippen LogP contribution is 2.36. The molecule has 2 amide bonds. The van der Waals surface area contributed by atoms with Crippen LogP contribution in [0.25, 0.3) is 0 Å². The van der Waals surface area contributed by atoms with Crippen LogP contribution in [0.2, 0.25) is 0 Å². The van der Waals surface area contributed by atoms with Crippen LogP contribution in [0, 0.1) is 5.92 Å². The first kappa shape index (κ1) is 16.1. The molecule has 2 fully saturated rings. The van der Waals surface area contributed by atoms with E-state index in [9.17, 15) is 4.79 Å². The van der Waals surface area contributed by atoms with Crippen LogP contribution in [-0.4, -0.2) is 46.5 Å². The molecular weight excluding hydrogens is 316 g/mol. The molecule has 0 radical (unpaired) electrons. The third-order valence-electron chi connectivity index (χ3n) is 4.96. The molecule has 25 heavy (non-hydrogen) atoms. The van der Waals surface area contributed by atoms with E-state index in [2.05, 4.69) is 34.7 Å².